The van der Waals surface area contributed by atoms with E-state index in [1.54, 1.807) is 12.1 Å². The molecule has 2 aromatic rings. The topological polar surface area (TPSA) is 55.2 Å². The maximum atomic E-state index is 10.8. The highest BCUT2D eigenvalue weighted by atomic mass is 16.6. The Labute approximate surface area is 124 Å². The molecule has 0 aromatic heterocycles. The van der Waals surface area contributed by atoms with Gasteiger partial charge in [0.1, 0.15) is 0 Å². The average Bonchev–Trinajstić information content (AvgIpc) is 2.48. The molecule has 4 nitrogen and oxygen atoms in total. The third-order valence-electron chi connectivity index (χ3n) is 4.21. The normalized spacial score (nSPS) is 17.7. The SMILES string of the molecule is CC(NCC1Cc2ccccc21)c1cccc([N+](=O)[O-])c1. The molecule has 0 fully saturated rings. The van der Waals surface area contributed by atoms with Crippen LogP contribution in [0.3, 0.4) is 0 Å². The monoisotopic (exact) mass is 282 g/mol. The highest BCUT2D eigenvalue weighted by molar-refractivity contribution is 5.40. The zero-order valence-corrected chi connectivity index (χ0v) is 12.0. The lowest BCUT2D eigenvalue weighted by atomic mass is 9.77. The summed E-state index contributed by atoms with van der Waals surface area (Å²) in [6.07, 6.45) is 1.12. The van der Waals surface area contributed by atoms with Crippen LogP contribution in [0, 0.1) is 10.1 Å². The highest BCUT2D eigenvalue weighted by Crippen LogP contribution is 2.34. The van der Waals surface area contributed by atoms with Crippen LogP contribution in [0.25, 0.3) is 0 Å². The van der Waals surface area contributed by atoms with Gasteiger partial charge in [-0.05, 0) is 30.0 Å². The molecule has 3 rings (SSSR count). The zero-order chi connectivity index (χ0) is 14.8. The number of hydrogen-bond donors (Lipinski definition) is 1. The quantitative estimate of drug-likeness (QED) is 0.673. The van der Waals surface area contributed by atoms with Crippen molar-refractivity contribution in [2.45, 2.75) is 25.3 Å². The molecule has 1 aliphatic rings. The van der Waals surface area contributed by atoms with Gasteiger partial charge in [0.05, 0.1) is 4.92 Å². The number of nitrogens with zero attached hydrogens (tertiary/aromatic N) is 1. The van der Waals surface area contributed by atoms with Gasteiger partial charge in [0.25, 0.3) is 5.69 Å². The summed E-state index contributed by atoms with van der Waals surface area (Å²) in [5.74, 6) is 0.558. The molecule has 0 saturated carbocycles. The van der Waals surface area contributed by atoms with Gasteiger partial charge >= 0.3 is 0 Å². The van der Waals surface area contributed by atoms with Gasteiger partial charge in [0.2, 0.25) is 0 Å². The zero-order valence-electron chi connectivity index (χ0n) is 12.0. The van der Waals surface area contributed by atoms with E-state index in [0.29, 0.717) is 5.92 Å². The number of rotatable bonds is 5. The summed E-state index contributed by atoms with van der Waals surface area (Å²) < 4.78 is 0. The summed E-state index contributed by atoms with van der Waals surface area (Å²) in [6.45, 7) is 2.95. The molecule has 0 spiro atoms. The minimum Gasteiger partial charge on any atom is -0.310 e. The van der Waals surface area contributed by atoms with E-state index in [2.05, 4.69) is 29.6 Å². The Morgan fingerprint density at radius 3 is 2.86 bits per heavy atom. The number of nitrogens with one attached hydrogen (secondary N) is 1. The molecule has 2 unspecified atom stereocenters. The largest absolute Gasteiger partial charge is 0.310 e. The minimum absolute atomic E-state index is 0.109. The van der Waals surface area contributed by atoms with Crippen molar-refractivity contribution in [3.05, 3.63) is 75.3 Å². The van der Waals surface area contributed by atoms with Crippen molar-refractivity contribution in [3.8, 4) is 0 Å². The Balaban J connectivity index is 1.61. The molecule has 108 valence electrons. The minimum atomic E-state index is -0.349. The molecule has 0 amide bonds. The smallest absolute Gasteiger partial charge is 0.269 e. The first-order chi connectivity index (χ1) is 10.1. The van der Waals surface area contributed by atoms with Crippen molar-refractivity contribution in [2.75, 3.05) is 6.54 Å². The van der Waals surface area contributed by atoms with Crippen LogP contribution in [0.2, 0.25) is 0 Å². The summed E-state index contributed by atoms with van der Waals surface area (Å²) in [6, 6.07) is 15.5. The number of fused-ring (bicyclic) bond motifs is 1. The average molecular weight is 282 g/mol. The summed E-state index contributed by atoms with van der Waals surface area (Å²) in [5, 5.41) is 14.3. The van der Waals surface area contributed by atoms with Gasteiger partial charge in [-0.15, -0.1) is 0 Å². The van der Waals surface area contributed by atoms with E-state index in [4.69, 9.17) is 0 Å². The lowest BCUT2D eigenvalue weighted by Gasteiger charge is -2.31. The van der Waals surface area contributed by atoms with Crippen molar-refractivity contribution in [3.63, 3.8) is 0 Å². The first-order valence-corrected chi connectivity index (χ1v) is 7.20. The van der Waals surface area contributed by atoms with Crippen molar-refractivity contribution in [1.82, 2.24) is 5.32 Å². The van der Waals surface area contributed by atoms with E-state index in [1.807, 2.05) is 13.0 Å². The molecular weight excluding hydrogens is 264 g/mol. The fourth-order valence-electron chi connectivity index (χ4n) is 2.89. The Bertz CT molecular complexity index is 669. The Morgan fingerprint density at radius 1 is 1.29 bits per heavy atom. The Kier molecular flexibility index (Phi) is 3.71. The third-order valence-corrected chi connectivity index (χ3v) is 4.21. The number of non-ortho nitro benzene ring substituents is 1. The van der Waals surface area contributed by atoms with Crippen LogP contribution in [0.15, 0.2) is 48.5 Å². The first kappa shape index (κ1) is 13.8. The molecule has 0 saturated heterocycles. The van der Waals surface area contributed by atoms with Gasteiger partial charge < -0.3 is 5.32 Å². The molecular formula is C17H18N2O2. The van der Waals surface area contributed by atoms with E-state index in [1.165, 1.54) is 17.2 Å². The maximum absolute atomic E-state index is 10.8. The fraction of sp³-hybridized carbons (Fsp3) is 0.294. The van der Waals surface area contributed by atoms with Crippen LogP contribution in [-0.4, -0.2) is 11.5 Å². The summed E-state index contributed by atoms with van der Waals surface area (Å²) in [7, 11) is 0. The van der Waals surface area contributed by atoms with Crippen LogP contribution >= 0.6 is 0 Å². The van der Waals surface area contributed by atoms with E-state index in [9.17, 15) is 10.1 Å². The number of nitro groups is 1. The molecule has 1 N–H and O–H groups in total. The van der Waals surface area contributed by atoms with Gasteiger partial charge in [-0.25, -0.2) is 0 Å². The molecule has 21 heavy (non-hydrogen) atoms. The van der Waals surface area contributed by atoms with Crippen LogP contribution in [0.5, 0.6) is 0 Å². The first-order valence-electron chi connectivity index (χ1n) is 7.20. The number of hydrogen-bond acceptors (Lipinski definition) is 3. The number of benzene rings is 2. The highest BCUT2D eigenvalue weighted by Gasteiger charge is 2.25. The fourth-order valence-corrected chi connectivity index (χ4v) is 2.89. The second-order valence-electron chi connectivity index (χ2n) is 5.58. The summed E-state index contributed by atoms with van der Waals surface area (Å²) in [4.78, 5) is 10.5. The van der Waals surface area contributed by atoms with E-state index >= 15 is 0 Å². The van der Waals surface area contributed by atoms with E-state index < -0.39 is 0 Å². The predicted octanol–water partition coefficient (Wildman–Crippen LogP) is 3.59. The Hall–Kier alpha value is -2.20. The second kappa shape index (κ2) is 5.66. The van der Waals surface area contributed by atoms with Crippen molar-refractivity contribution in [2.24, 2.45) is 0 Å². The van der Waals surface area contributed by atoms with Gasteiger partial charge in [-0.3, -0.25) is 10.1 Å². The number of nitro benzene ring substituents is 1. The van der Waals surface area contributed by atoms with Crippen LogP contribution < -0.4 is 5.32 Å². The van der Waals surface area contributed by atoms with E-state index in [-0.39, 0.29) is 16.7 Å². The van der Waals surface area contributed by atoms with Gasteiger partial charge in [0.15, 0.2) is 0 Å². The lowest BCUT2D eigenvalue weighted by Crippen LogP contribution is -2.30. The van der Waals surface area contributed by atoms with E-state index in [0.717, 1.165) is 18.5 Å². The molecule has 0 bridgehead atoms. The van der Waals surface area contributed by atoms with Crippen molar-refractivity contribution < 1.29 is 4.92 Å². The lowest BCUT2D eigenvalue weighted by molar-refractivity contribution is -0.384. The second-order valence-corrected chi connectivity index (χ2v) is 5.58. The van der Waals surface area contributed by atoms with Gasteiger partial charge in [-0.2, -0.15) is 0 Å². The molecule has 1 aliphatic carbocycles. The molecule has 2 atom stereocenters. The molecule has 2 aromatic carbocycles. The predicted molar refractivity (Wildman–Crippen MR) is 82.4 cm³/mol. The molecule has 4 heteroatoms. The Morgan fingerprint density at radius 2 is 2.10 bits per heavy atom. The molecule has 0 aliphatic heterocycles. The van der Waals surface area contributed by atoms with Crippen molar-refractivity contribution >= 4 is 5.69 Å². The van der Waals surface area contributed by atoms with Gasteiger partial charge in [0, 0.05) is 30.6 Å². The third kappa shape index (κ3) is 2.81. The molecule has 0 heterocycles. The van der Waals surface area contributed by atoms with Crippen molar-refractivity contribution in [1.29, 1.82) is 0 Å². The summed E-state index contributed by atoms with van der Waals surface area (Å²) >= 11 is 0. The molecule has 0 radical (unpaired) electrons. The maximum Gasteiger partial charge on any atom is 0.269 e. The van der Waals surface area contributed by atoms with Crippen LogP contribution in [0.1, 0.15) is 35.6 Å². The standard InChI is InChI=1S/C17H18N2O2/c1-12(13-6-4-7-16(10-13)19(20)21)18-11-15-9-14-5-2-3-8-17(14)15/h2-8,10,12,15,18H,9,11H2,1H3. The van der Waals surface area contributed by atoms with Gasteiger partial charge in [-0.1, -0.05) is 36.4 Å². The van der Waals surface area contributed by atoms with Crippen LogP contribution in [0.4, 0.5) is 5.69 Å². The summed E-state index contributed by atoms with van der Waals surface area (Å²) in [5.41, 5.74) is 3.97. The van der Waals surface area contributed by atoms with Crippen LogP contribution in [-0.2, 0) is 6.42 Å².